The van der Waals surface area contributed by atoms with Crippen LogP contribution in [0.25, 0.3) is 0 Å². The minimum atomic E-state index is -0.0589. The molecule has 0 unspecified atom stereocenters. The molecule has 1 aromatic heterocycles. The Morgan fingerprint density at radius 1 is 1.23 bits per heavy atom. The molecule has 0 bridgehead atoms. The second kappa shape index (κ2) is 6.75. The minimum absolute atomic E-state index is 0.0589. The Bertz CT molecular complexity index is 613. The van der Waals surface area contributed by atoms with Gasteiger partial charge in [-0.15, -0.1) is 0 Å². The highest BCUT2D eigenvalue weighted by molar-refractivity contribution is 5.44. The van der Waals surface area contributed by atoms with Crippen molar-refractivity contribution in [2.24, 2.45) is 0 Å². The predicted octanol–water partition coefficient (Wildman–Crippen LogP) is 2.76. The molecule has 0 saturated heterocycles. The number of benzene rings is 1. The van der Waals surface area contributed by atoms with E-state index in [4.69, 9.17) is 0 Å². The monoisotopic (exact) mass is 298 g/mol. The van der Waals surface area contributed by atoms with Gasteiger partial charge in [0.2, 0.25) is 5.95 Å². The number of nitrogens with one attached hydrogen (secondary N) is 2. The summed E-state index contributed by atoms with van der Waals surface area (Å²) in [5.41, 5.74) is 2.30. The standard InChI is InChI=1S/C17H22N4O/c1-12(11-22)19-17-20-15(14-7-8-14)9-16(21-17)18-10-13-5-3-2-4-6-13/h2-6,9,12,14,22H,7-8,10-11H2,1H3,(H2,18,19,20,21)/t12-/m1/s1. The van der Waals surface area contributed by atoms with Crippen molar-refractivity contribution >= 4 is 11.8 Å². The molecule has 0 radical (unpaired) electrons. The molecule has 2 aromatic rings. The van der Waals surface area contributed by atoms with Crippen molar-refractivity contribution in [3.05, 3.63) is 47.7 Å². The van der Waals surface area contributed by atoms with Gasteiger partial charge in [0, 0.05) is 24.6 Å². The summed E-state index contributed by atoms with van der Waals surface area (Å²) in [5, 5.41) is 15.7. The third-order valence-electron chi connectivity index (χ3n) is 3.71. The summed E-state index contributed by atoms with van der Waals surface area (Å²) in [6.45, 7) is 2.70. The average molecular weight is 298 g/mol. The maximum absolute atomic E-state index is 9.17. The van der Waals surface area contributed by atoms with Crippen LogP contribution in [-0.2, 0) is 6.54 Å². The van der Waals surface area contributed by atoms with Crippen LogP contribution in [0.1, 0.15) is 36.9 Å². The van der Waals surface area contributed by atoms with Crippen LogP contribution in [-0.4, -0.2) is 27.7 Å². The fourth-order valence-electron chi connectivity index (χ4n) is 2.26. The second-order valence-electron chi connectivity index (χ2n) is 5.84. The lowest BCUT2D eigenvalue weighted by molar-refractivity contribution is 0.281. The van der Waals surface area contributed by atoms with E-state index in [2.05, 4.69) is 32.7 Å². The van der Waals surface area contributed by atoms with Crippen molar-refractivity contribution in [1.29, 1.82) is 0 Å². The van der Waals surface area contributed by atoms with E-state index < -0.39 is 0 Å². The van der Waals surface area contributed by atoms with Gasteiger partial charge in [-0.1, -0.05) is 30.3 Å². The van der Waals surface area contributed by atoms with E-state index >= 15 is 0 Å². The average Bonchev–Trinajstić information content (AvgIpc) is 3.38. The lowest BCUT2D eigenvalue weighted by atomic mass is 10.2. The van der Waals surface area contributed by atoms with Crippen molar-refractivity contribution in [2.45, 2.75) is 38.3 Å². The molecule has 1 atom stereocenters. The van der Waals surface area contributed by atoms with E-state index in [0.29, 0.717) is 11.9 Å². The van der Waals surface area contributed by atoms with Crippen LogP contribution in [0, 0.1) is 0 Å². The quantitative estimate of drug-likeness (QED) is 0.733. The van der Waals surface area contributed by atoms with Crippen LogP contribution < -0.4 is 10.6 Å². The van der Waals surface area contributed by atoms with Crippen molar-refractivity contribution in [3.63, 3.8) is 0 Å². The Labute approximate surface area is 130 Å². The van der Waals surface area contributed by atoms with Crippen LogP contribution in [0.3, 0.4) is 0 Å². The first-order valence-corrected chi connectivity index (χ1v) is 7.79. The molecule has 1 saturated carbocycles. The normalized spacial score (nSPS) is 15.4. The van der Waals surface area contributed by atoms with Crippen LogP contribution in [0.5, 0.6) is 0 Å². The number of hydrogen-bond acceptors (Lipinski definition) is 5. The van der Waals surface area contributed by atoms with Gasteiger partial charge < -0.3 is 15.7 Å². The third kappa shape index (κ3) is 3.95. The first-order chi connectivity index (χ1) is 10.7. The zero-order chi connectivity index (χ0) is 15.4. The highest BCUT2D eigenvalue weighted by Crippen LogP contribution is 2.39. The molecular formula is C17H22N4O. The maximum Gasteiger partial charge on any atom is 0.225 e. The third-order valence-corrected chi connectivity index (χ3v) is 3.71. The molecule has 116 valence electrons. The molecule has 1 aliphatic carbocycles. The maximum atomic E-state index is 9.17. The molecule has 0 amide bonds. The topological polar surface area (TPSA) is 70.1 Å². The number of aromatic nitrogens is 2. The first kappa shape index (κ1) is 14.8. The number of hydrogen-bond donors (Lipinski definition) is 3. The van der Waals surface area contributed by atoms with Gasteiger partial charge in [0.1, 0.15) is 5.82 Å². The first-order valence-electron chi connectivity index (χ1n) is 7.79. The van der Waals surface area contributed by atoms with E-state index in [1.54, 1.807) is 0 Å². The summed E-state index contributed by atoms with van der Waals surface area (Å²) in [6.07, 6.45) is 2.40. The summed E-state index contributed by atoms with van der Waals surface area (Å²) in [7, 11) is 0. The molecule has 1 aromatic carbocycles. The second-order valence-corrected chi connectivity index (χ2v) is 5.84. The number of aliphatic hydroxyl groups excluding tert-OH is 1. The molecule has 0 spiro atoms. The fraction of sp³-hybridized carbons (Fsp3) is 0.412. The predicted molar refractivity (Wildman–Crippen MR) is 87.9 cm³/mol. The van der Waals surface area contributed by atoms with E-state index in [9.17, 15) is 5.11 Å². The van der Waals surface area contributed by atoms with Crippen LogP contribution in [0.2, 0.25) is 0 Å². The van der Waals surface area contributed by atoms with Gasteiger partial charge in [0.15, 0.2) is 0 Å². The Kier molecular flexibility index (Phi) is 4.53. The zero-order valence-electron chi connectivity index (χ0n) is 12.8. The van der Waals surface area contributed by atoms with E-state index in [1.165, 1.54) is 18.4 Å². The van der Waals surface area contributed by atoms with Gasteiger partial charge >= 0.3 is 0 Å². The van der Waals surface area contributed by atoms with Crippen molar-refractivity contribution in [1.82, 2.24) is 9.97 Å². The molecule has 1 aliphatic rings. The fourth-order valence-corrected chi connectivity index (χ4v) is 2.26. The molecule has 5 nitrogen and oxygen atoms in total. The Balaban J connectivity index is 1.74. The highest BCUT2D eigenvalue weighted by Gasteiger charge is 2.26. The Morgan fingerprint density at radius 3 is 2.68 bits per heavy atom. The van der Waals surface area contributed by atoms with Crippen LogP contribution in [0.15, 0.2) is 36.4 Å². The number of aliphatic hydroxyl groups is 1. The molecule has 1 fully saturated rings. The molecule has 0 aliphatic heterocycles. The van der Waals surface area contributed by atoms with Gasteiger partial charge in [0.25, 0.3) is 0 Å². The SMILES string of the molecule is C[C@H](CO)Nc1nc(NCc2ccccc2)cc(C2CC2)n1. The Morgan fingerprint density at radius 2 is 2.00 bits per heavy atom. The summed E-state index contributed by atoms with van der Waals surface area (Å²) < 4.78 is 0. The van der Waals surface area contributed by atoms with E-state index in [1.807, 2.05) is 31.2 Å². The molecule has 3 rings (SSSR count). The Hall–Kier alpha value is -2.14. The number of anilines is 2. The van der Waals surface area contributed by atoms with E-state index in [-0.39, 0.29) is 12.6 Å². The van der Waals surface area contributed by atoms with Crippen LogP contribution >= 0.6 is 0 Å². The van der Waals surface area contributed by atoms with Crippen molar-refractivity contribution < 1.29 is 5.11 Å². The summed E-state index contributed by atoms with van der Waals surface area (Å²) >= 11 is 0. The molecule has 5 heteroatoms. The zero-order valence-corrected chi connectivity index (χ0v) is 12.8. The van der Waals surface area contributed by atoms with E-state index in [0.717, 1.165) is 18.1 Å². The van der Waals surface area contributed by atoms with Crippen LogP contribution in [0.4, 0.5) is 11.8 Å². The van der Waals surface area contributed by atoms with Gasteiger partial charge in [-0.3, -0.25) is 0 Å². The lowest BCUT2D eigenvalue weighted by Crippen LogP contribution is -2.21. The highest BCUT2D eigenvalue weighted by atomic mass is 16.3. The lowest BCUT2D eigenvalue weighted by Gasteiger charge is -2.14. The van der Waals surface area contributed by atoms with Gasteiger partial charge in [0.05, 0.1) is 12.3 Å². The largest absolute Gasteiger partial charge is 0.394 e. The smallest absolute Gasteiger partial charge is 0.225 e. The number of nitrogens with zero attached hydrogens (tertiary/aromatic N) is 2. The molecule has 1 heterocycles. The summed E-state index contributed by atoms with van der Waals surface area (Å²) in [6, 6.07) is 12.2. The number of rotatable bonds is 7. The minimum Gasteiger partial charge on any atom is -0.394 e. The van der Waals surface area contributed by atoms with Crippen molar-refractivity contribution in [2.75, 3.05) is 17.2 Å². The molecular weight excluding hydrogens is 276 g/mol. The molecule has 22 heavy (non-hydrogen) atoms. The van der Waals surface area contributed by atoms with Gasteiger partial charge in [-0.2, -0.15) is 4.98 Å². The molecule has 3 N–H and O–H groups in total. The summed E-state index contributed by atoms with van der Waals surface area (Å²) in [5.74, 6) is 1.97. The van der Waals surface area contributed by atoms with Crippen molar-refractivity contribution in [3.8, 4) is 0 Å². The summed E-state index contributed by atoms with van der Waals surface area (Å²) in [4.78, 5) is 9.07. The van der Waals surface area contributed by atoms with Gasteiger partial charge in [-0.25, -0.2) is 4.98 Å². The van der Waals surface area contributed by atoms with Gasteiger partial charge in [-0.05, 0) is 25.3 Å².